The molecule has 3 N–H and O–H groups in total. The Hall–Kier alpha value is -1.26. The molecule has 0 radical (unpaired) electrons. The zero-order valence-corrected chi connectivity index (χ0v) is 10.9. The van der Waals surface area contributed by atoms with Crippen LogP contribution < -0.4 is 10.6 Å². The molecule has 0 spiro atoms. The predicted octanol–water partition coefficient (Wildman–Crippen LogP) is 2.12. The van der Waals surface area contributed by atoms with Gasteiger partial charge in [0.05, 0.1) is 0 Å². The molecular formula is C13H24N2O3. The maximum absolute atomic E-state index is 11.4. The summed E-state index contributed by atoms with van der Waals surface area (Å²) in [5.41, 5.74) is 0. The number of carbonyl (C=O) groups is 2. The molecule has 0 heterocycles. The maximum atomic E-state index is 11.4. The van der Waals surface area contributed by atoms with Crippen LogP contribution in [0.3, 0.4) is 0 Å². The van der Waals surface area contributed by atoms with Crippen molar-refractivity contribution < 1.29 is 14.7 Å². The molecule has 1 rings (SSSR count). The Balaban J connectivity index is 1.82. The minimum atomic E-state index is -0.753. The van der Waals surface area contributed by atoms with Gasteiger partial charge >= 0.3 is 12.0 Å². The second-order valence-electron chi connectivity index (χ2n) is 4.97. The Morgan fingerprint density at radius 1 is 1.06 bits per heavy atom. The Labute approximate surface area is 108 Å². The molecule has 0 saturated heterocycles. The highest BCUT2D eigenvalue weighted by Gasteiger charge is 2.16. The van der Waals surface area contributed by atoms with Gasteiger partial charge in [0.1, 0.15) is 0 Å². The van der Waals surface area contributed by atoms with E-state index in [1.807, 2.05) is 0 Å². The van der Waals surface area contributed by atoms with E-state index in [0.29, 0.717) is 13.0 Å². The van der Waals surface area contributed by atoms with E-state index in [0.717, 1.165) is 31.7 Å². The molecular weight excluding hydrogens is 232 g/mol. The highest BCUT2D eigenvalue weighted by molar-refractivity contribution is 5.73. The summed E-state index contributed by atoms with van der Waals surface area (Å²) in [6, 6.07) is -0.104. The molecule has 1 aliphatic rings. The summed E-state index contributed by atoms with van der Waals surface area (Å²) in [5, 5.41) is 14.1. The van der Waals surface area contributed by atoms with Crippen molar-refractivity contribution in [3.05, 3.63) is 0 Å². The fraction of sp³-hybridized carbons (Fsp3) is 0.846. The first-order valence-corrected chi connectivity index (χ1v) is 6.92. The molecule has 0 atom stereocenters. The molecule has 1 fully saturated rings. The van der Waals surface area contributed by atoms with Crippen LogP contribution in [-0.4, -0.2) is 30.2 Å². The molecule has 18 heavy (non-hydrogen) atoms. The SMILES string of the molecule is O=C(O)CCCCCNC(=O)NCCC1CCC1. The molecule has 5 heteroatoms. The van der Waals surface area contributed by atoms with Gasteiger partial charge in [0.15, 0.2) is 0 Å². The van der Waals surface area contributed by atoms with Crippen molar-refractivity contribution in [2.45, 2.75) is 51.4 Å². The number of carboxylic acid groups (broad SMARTS) is 1. The van der Waals surface area contributed by atoms with Crippen molar-refractivity contribution in [2.75, 3.05) is 13.1 Å². The van der Waals surface area contributed by atoms with Gasteiger partial charge in [0.25, 0.3) is 0 Å². The topological polar surface area (TPSA) is 78.4 Å². The zero-order valence-electron chi connectivity index (χ0n) is 10.9. The van der Waals surface area contributed by atoms with Crippen LogP contribution >= 0.6 is 0 Å². The van der Waals surface area contributed by atoms with Gasteiger partial charge in [-0.3, -0.25) is 4.79 Å². The van der Waals surface area contributed by atoms with E-state index < -0.39 is 5.97 Å². The molecule has 2 amide bonds. The fourth-order valence-corrected chi connectivity index (χ4v) is 2.01. The number of aliphatic carboxylic acids is 1. The average molecular weight is 256 g/mol. The number of carbonyl (C=O) groups excluding carboxylic acids is 1. The largest absolute Gasteiger partial charge is 0.481 e. The lowest BCUT2D eigenvalue weighted by atomic mass is 9.83. The highest BCUT2D eigenvalue weighted by Crippen LogP contribution is 2.28. The number of rotatable bonds is 9. The van der Waals surface area contributed by atoms with E-state index in [9.17, 15) is 9.59 Å². The van der Waals surface area contributed by atoms with Gasteiger partial charge in [0.2, 0.25) is 0 Å². The lowest BCUT2D eigenvalue weighted by molar-refractivity contribution is -0.137. The number of carboxylic acids is 1. The number of urea groups is 1. The van der Waals surface area contributed by atoms with Crippen molar-refractivity contribution in [3.63, 3.8) is 0 Å². The maximum Gasteiger partial charge on any atom is 0.314 e. The summed E-state index contributed by atoms with van der Waals surface area (Å²) in [6.07, 6.45) is 7.63. The monoisotopic (exact) mass is 256 g/mol. The van der Waals surface area contributed by atoms with E-state index in [4.69, 9.17) is 5.11 Å². The molecule has 0 aromatic carbocycles. The van der Waals surface area contributed by atoms with Crippen molar-refractivity contribution in [3.8, 4) is 0 Å². The molecule has 1 saturated carbocycles. The molecule has 0 unspecified atom stereocenters. The minimum Gasteiger partial charge on any atom is -0.481 e. The van der Waals surface area contributed by atoms with Crippen LogP contribution in [0.15, 0.2) is 0 Å². The number of hydrogen-bond donors (Lipinski definition) is 3. The molecule has 0 aromatic heterocycles. The first-order chi connectivity index (χ1) is 8.68. The minimum absolute atomic E-state index is 0.104. The van der Waals surface area contributed by atoms with Gasteiger partial charge < -0.3 is 15.7 Å². The summed E-state index contributed by atoms with van der Waals surface area (Å²) < 4.78 is 0. The third-order valence-corrected chi connectivity index (χ3v) is 3.42. The lowest BCUT2D eigenvalue weighted by Gasteiger charge is -2.25. The van der Waals surface area contributed by atoms with Gasteiger partial charge in [-0.05, 0) is 25.2 Å². The zero-order chi connectivity index (χ0) is 13.2. The molecule has 0 bridgehead atoms. The van der Waals surface area contributed by atoms with Gasteiger partial charge in [-0.2, -0.15) is 0 Å². The summed E-state index contributed by atoms with van der Waals surface area (Å²) >= 11 is 0. The average Bonchev–Trinajstić information content (AvgIpc) is 2.26. The van der Waals surface area contributed by atoms with Crippen molar-refractivity contribution in [2.24, 2.45) is 5.92 Å². The normalized spacial score (nSPS) is 14.9. The number of unbranched alkanes of at least 4 members (excludes halogenated alkanes) is 2. The predicted molar refractivity (Wildman–Crippen MR) is 69.5 cm³/mol. The van der Waals surface area contributed by atoms with Crippen LogP contribution in [0.1, 0.15) is 51.4 Å². The molecule has 104 valence electrons. The third kappa shape index (κ3) is 7.14. The van der Waals surface area contributed by atoms with E-state index in [1.165, 1.54) is 19.3 Å². The van der Waals surface area contributed by atoms with Gasteiger partial charge in [0, 0.05) is 19.5 Å². The van der Waals surface area contributed by atoms with Crippen LogP contribution in [0.4, 0.5) is 4.79 Å². The van der Waals surface area contributed by atoms with Gasteiger partial charge in [-0.25, -0.2) is 4.79 Å². The van der Waals surface area contributed by atoms with Crippen LogP contribution in [0.2, 0.25) is 0 Å². The van der Waals surface area contributed by atoms with Crippen LogP contribution in [0, 0.1) is 5.92 Å². The van der Waals surface area contributed by atoms with Gasteiger partial charge in [-0.1, -0.05) is 25.7 Å². The van der Waals surface area contributed by atoms with Crippen molar-refractivity contribution in [1.29, 1.82) is 0 Å². The first-order valence-electron chi connectivity index (χ1n) is 6.92. The molecule has 0 aliphatic heterocycles. The Kier molecular flexibility index (Phi) is 7.22. The van der Waals surface area contributed by atoms with Crippen LogP contribution in [-0.2, 0) is 4.79 Å². The quantitative estimate of drug-likeness (QED) is 0.553. The smallest absolute Gasteiger partial charge is 0.314 e. The second-order valence-corrected chi connectivity index (χ2v) is 4.97. The Morgan fingerprint density at radius 3 is 2.39 bits per heavy atom. The Morgan fingerprint density at radius 2 is 1.78 bits per heavy atom. The van der Waals surface area contributed by atoms with Crippen LogP contribution in [0.5, 0.6) is 0 Å². The van der Waals surface area contributed by atoms with Crippen molar-refractivity contribution >= 4 is 12.0 Å². The van der Waals surface area contributed by atoms with Gasteiger partial charge in [-0.15, -0.1) is 0 Å². The number of amides is 2. The summed E-state index contributed by atoms with van der Waals surface area (Å²) in [7, 11) is 0. The summed E-state index contributed by atoms with van der Waals surface area (Å²) in [4.78, 5) is 21.6. The van der Waals surface area contributed by atoms with E-state index in [-0.39, 0.29) is 12.5 Å². The molecule has 1 aliphatic carbocycles. The molecule has 5 nitrogen and oxygen atoms in total. The molecule has 0 aromatic rings. The standard InChI is InChI=1S/C13H24N2O3/c16-12(17)7-2-1-3-9-14-13(18)15-10-8-11-5-4-6-11/h11H,1-10H2,(H,16,17)(H2,14,15,18). The van der Waals surface area contributed by atoms with E-state index in [2.05, 4.69) is 10.6 Å². The number of nitrogens with one attached hydrogen (secondary N) is 2. The second kappa shape index (κ2) is 8.78. The Bertz CT molecular complexity index is 265. The van der Waals surface area contributed by atoms with E-state index in [1.54, 1.807) is 0 Å². The van der Waals surface area contributed by atoms with E-state index >= 15 is 0 Å². The third-order valence-electron chi connectivity index (χ3n) is 3.42. The first kappa shape index (κ1) is 14.8. The van der Waals surface area contributed by atoms with Crippen LogP contribution in [0.25, 0.3) is 0 Å². The van der Waals surface area contributed by atoms with Crippen molar-refractivity contribution in [1.82, 2.24) is 10.6 Å². The lowest BCUT2D eigenvalue weighted by Crippen LogP contribution is -2.37. The fourth-order valence-electron chi connectivity index (χ4n) is 2.01. The highest BCUT2D eigenvalue weighted by atomic mass is 16.4. The number of hydrogen-bond acceptors (Lipinski definition) is 2. The summed E-state index contributed by atoms with van der Waals surface area (Å²) in [6.45, 7) is 1.38. The summed E-state index contributed by atoms with van der Waals surface area (Å²) in [5.74, 6) is 0.0676.